The van der Waals surface area contributed by atoms with Gasteiger partial charge in [-0.1, -0.05) is 19.1 Å². The summed E-state index contributed by atoms with van der Waals surface area (Å²) in [6.45, 7) is 2.70. The molecule has 0 bridgehead atoms. The number of benzene rings is 1. The van der Waals surface area contributed by atoms with Crippen molar-refractivity contribution in [2.45, 2.75) is 19.8 Å². The van der Waals surface area contributed by atoms with Gasteiger partial charge in [0.15, 0.2) is 0 Å². The number of carboxylic acid groups (broad SMARTS) is 1. The van der Waals surface area contributed by atoms with Crippen molar-refractivity contribution in [1.82, 2.24) is 4.90 Å². The van der Waals surface area contributed by atoms with Gasteiger partial charge in [-0.3, -0.25) is 4.79 Å². The third kappa shape index (κ3) is 4.45. The molecule has 0 atom stereocenters. The lowest BCUT2D eigenvalue weighted by Gasteiger charge is -2.16. The van der Waals surface area contributed by atoms with Gasteiger partial charge in [-0.05, 0) is 24.1 Å². The number of hydrogen-bond donors (Lipinski definition) is 2. The lowest BCUT2D eigenvalue weighted by Crippen LogP contribution is -2.31. The summed E-state index contributed by atoms with van der Waals surface area (Å²) in [4.78, 5) is 23.8. The second-order valence-corrected chi connectivity index (χ2v) is 4.12. The Balaban J connectivity index is 2.58. The van der Waals surface area contributed by atoms with Crippen molar-refractivity contribution >= 4 is 17.7 Å². The van der Waals surface area contributed by atoms with Gasteiger partial charge in [0.2, 0.25) is 0 Å². The SMILES string of the molecule is CCCN(C)C(=O)Nc1ccc(CC(=O)O)cc1. The molecular weight excluding hydrogens is 232 g/mol. The van der Waals surface area contributed by atoms with Crippen LogP contribution in [0.15, 0.2) is 24.3 Å². The molecule has 0 heterocycles. The van der Waals surface area contributed by atoms with E-state index >= 15 is 0 Å². The molecule has 0 saturated heterocycles. The highest BCUT2D eigenvalue weighted by molar-refractivity contribution is 5.89. The molecule has 98 valence electrons. The maximum absolute atomic E-state index is 11.7. The predicted molar refractivity (Wildman–Crippen MR) is 69.7 cm³/mol. The molecule has 18 heavy (non-hydrogen) atoms. The first-order chi connectivity index (χ1) is 8.52. The fraction of sp³-hybridized carbons (Fsp3) is 0.385. The number of nitrogens with zero attached hydrogens (tertiary/aromatic N) is 1. The molecule has 0 saturated carbocycles. The molecule has 0 spiro atoms. The maximum atomic E-state index is 11.7. The standard InChI is InChI=1S/C13H18N2O3/c1-3-8-15(2)13(18)14-11-6-4-10(5-7-11)9-12(16)17/h4-7H,3,8-9H2,1-2H3,(H,14,18)(H,16,17). The Morgan fingerprint density at radius 2 is 1.89 bits per heavy atom. The van der Waals surface area contributed by atoms with E-state index in [4.69, 9.17) is 5.11 Å². The zero-order valence-corrected chi connectivity index (χ0v) is 10.6. The van der Waals surface area contributed by atoms with Gasteiger partial charge in [-0.15, -0.1) is 0 Å². The van der Waals surface area contributed by atoms with Crippen LogP contribution in [0.3, 0.4) is 0 Å². The Labute approximate surface area is 106 Å². The fourth-order valence-electron chi connectivity index (χ4n) is 1.54. The second kappa shape index (κ2) is 6.64. The molecule has 2 N–H and O–H groups in total. The van der Waals surface area contributed by atoms with E-state index in [0.29, 0.717) is 17.8 Å². The molecule has 0 aromatic heterocycles. The smallest absolute Gasteiger partial charge is 0.321 e. The number of carboxylic acids is 1. The van der Waals surface area contributed by atoms with Crippen LogP contribution in [-0.4, -0.2) is 35.6 Å². The van der Waals surface area contributed by atoms with Gasteiger partial charge in [0.05, 0.1) is 6.42 Å². The van der Waals surface area contributed by atoms with Crippen molar-refractivity contribution in [3.63, 3.8) is 0 Å². The summed E-state index contributed by atoms with van der Waals surface area (Å²) in [6.07, 6.45) is 0.894. The minimum absolute atomic E-state index is 0.00996. The summed E-state index contributed by atoms with van der Waals surface area (Å²) in [5.74, 6) is -0.866. The molecule has 0 radical (unpaired) electrons. The van der Waals surface area contributed by atoms with Gasteiger partial charge < -0.3 is 15.3 Å². The van der Waals surface area contributed by atoms with Gasteiger partial charge in [0, 0.05) is 19.3 Å². The van der Waals surface area contributed by atoms with Crippen molar-refractivity contribution in [2.75, 3.05) is 18.9 Å². The first-order valence-corrected chi connectivity index (χ1v) is 5.85. The fourth-order valence-corrected chi connectivity index (χ4v) is 1.54. The van der Waals surface area contributed by atoms with Crippen LogP contribution in [0.1, 0.15) is 18.9 Å². The summed E-state index contributed by atoms with van der Waals surface area (Å²) in [5.41, 5.74) is 1.37. The molecule has 0 aliphatic rings. The molecule has 0 aliphatic carbocycles. The van der Waals surface area contributed by atoms with Crippen molar-refractivity contribution in [3.05, 3.63) is 29.8 Å². The summed E-state index contributed by atoms with van der Waals surface area (Å²) in [6, 6.07) is 6.64. The van der Waals surface area contributed by atoms with Crippen LogP contribution in [-0.2, 0) is 11.2 Å². The Kier molecular flexibility index (Phi) is 5.17. The van der Waals surface area contributed by atoms with E-state index in [0.717, 1.165) is 6.42 Å². The largest absolute Gasteiger partial charge is 0.481 e. The van der Waals surface area contributed by atoms with E-state index in [1.807, 2.05) is 6.92 Å². The Morgan fingerprint density at radius 3 is 2.39 bits per heavy atom. The summed E-state index contributed by atoms with van der Waals surface area (Å²) in [5, 5.41) is 11.4. The van der Waals surface area contributed by atoms with Crippen LogP contribution >= 0.6 is 0 Å². The van der Waals surface area contributed by atoms with Gasteiger partial charge >= 0.3 is 12.0 Å². The first-order valence-electron chi connectivity index (χ1n) is 5.85. The average molecular weight is 250 g/mol. The minimum Gasteiger partial charge on any atom is -0.481 e. The normalized spacial score (nSPS) is 9.89. The van der Waals surface area contributed by atoms with E-state index in [2.05, 4.69) is 5.32 Å². The van der Waals surface area contributed by atoms with Gasteiger partial charge in [0.25, 0.3) is 0 Å². The molecule has 0 fully saturated rings. The molecular formula is C13H18N2O3. The molecule has 5 nitrogen and oxygen atoms in total. The molecule has 2 amide bonds. The average Bonchev–Trinajstić information content (AvgIpc) is 2.31. The highest BCUT2D eigenvalue weighted by Gasteiger charge is 2.07. The van der Waals surface area contributed by atoms with E-state index in [1.54, 1.807) is 36.2 Å². The molecule has 1 aromatic carbocycles. The number of hydrogen-bond acceptors (Lipinski definition) is 2. The molecule has 5 heteroatoms. The van der Waals surface area contributed by atoms with Gasteiger partial charge in [-0.25, -0.2) is 4.79 Å². The third-order valence-corrected chi connectivity index (χ3v) is 2.47. The highest BCUT2D eigenvalue weighted by atomic mass is 16.4. The van der Waals surface area contributed by atoms with Gasteiger partial charge in [-0.2, -0.15) is 0 Å². The number of urea groups is 1. The van der Waals surface area contributed by atoms with E-state index < -0.39 is 5.97 Å². The van der Waals surface area contributed by atoms with Crippen LogP contribution in [0.2, 0.25) is 0 Å². The number of anilines is 1. The number of amides is 2. The summed E-state index contributed by atoms with van der Waals surface area (Å²) < 4.78 is 0. The van der Waals surface area contributed by atoms with Crippen molar-refractivity contribution < 1.29 is 14.7 Å². The molecule has 0 unspecified atom stereocenters. The lowest BCUT2D eigenvalue weighted by molar-refractivity contribution is -0.136. The predicted octanol–water partition coefficient (Wildman–Crippen LogP) is 2.19. The Bertz CT molecular complexity index is 415. The van der Waals surface area contributed by atoms with Crippen LogP contribution in [0, 0.1) is 0 Å². The van der Waals surface area contributed by atoms with E-state index in [9.17, 15) is 9.59 Å². The van der Waals surface area contributed by atoms with Crippen molar-refractivity contribution in [1.29, 1.82) is 0 Å². The Hall–Kier alpha value is -2.04. The van der Waals surface area contributed by atoms with Crippen LogP contribution in [0.5, 0.6) is 0 Å². The zero-order valence-electron chi connectivity index (χ0n) is 10.6. The van der Waals surface area contributed by atoms with E-state index in [1.165, 1.54) is 0 Å². The number of rotatable bonds is 5. The highest BCUT2D eigenvalue weighted by Crippen LogP contribution is 2.10. The first kappa shape index (κ1) is 14.0. The minimum atomic E-state index is -0.866. The summed E-state index contributed by atoms with van der Waals surface area (Å²) in [7, 11) is 1.73. The van der Waals surface area contributed by atoms with Crippen molar-refractivity contribution in [2.24, 2.45) is 0 Å². The number of carbonyl (C=O) groups is 2. The Morgan fingerprint density at radius 1 is 1.28 bits per heavy atom. The topological polar surface area (TPSA) is 69.6 Å². The zero-order chi connectivity index (χ0) is 13.5. The molecule has 1 rings (SSSR count). The number of aliphatic carboxylic acids is 1. The monoisotopic (exact) mass is 250 g/mol. The van der Waals surface area contributed by atoms with Crippen LogP contribution in [0.4, 0.5) is 10.5 Å². The van der Waals surface area contributed by atoms with E-state index in [-0.39, 0.29) is 12.5 Å². The summed E-state index contributed by atoms with van der Waals surface area (Å²) >= 11 is 0. The van der Waals surface area contributed by atoms with Crippen LogP contribution in [0.25, 0.3) is 0 Å². The lowest BCUT2D eigenvalue weighted by atomic mass is 10.1. The maximum Gasteiger partial charge on any atom is 0.321 e. The molecule has 1 aromatic rings. The number of nitrogens with one attached hydrogen (secondary N) is 1. The van der Waals surface area contributed by atoms with Crippen LogP contribution < -0.4 is 5.32 Å². The molecule has 0 aliphatic heterocycles. The second-order valence-electron chi connectivity index (χ2n) is 4.12. The van der Waals surface area contributed by atoms with Crippen molar-refractivity contribution in [3.8, 4) is 0 Å². The number of carbonyl (C=O) groups excluding carboxylic acids is 1. The van der Waals surface area contributed by atoms with Gasteiger partial charge in [0.1, 0.15) is 0 Å². The third-order valence-electron chi connectivity index (χ3n) is 2.47. The quantitative estimate of drug-likeness (QED) is 0.841.